The van der Waals surface area contributed by atoms with Crippen molar-refractivity contribution in [3.05, 3.63) is 22.6 Å². The fourth-order valence-corrected chi connectivity index (χ4v) is 0.754. The maximum absolute atomic E-state index is 10.9. The average Bonchev–Trinajstić information content (AvgIpc) is 1.99. The van der Waals surface area contributed by atoms with Gasteiger partial charge in [-0.05, 0) is 13.0 Å². The lowest BCUT2D eigenvalue weighted by atomic mass is 10.4. The fourth-order valence-electron chi connectivity index (χ4n) is 0.754. The Labute approximate surface area is 64.0 Å². The Hall–Kier alpha value is -1.45. The molecule has 0 saturated heterocycles. The average molecular weight is 154 g/mol. The van der Waals surface area contributed by atoms with Gasteiger partial charge in [-0.3, -0.25) is 4.79 Å². The number of nitrogen functional groups attached to an aromatic ring is 1. The van der Waals surface area contributed by atoms with Crippen LogP contribution < -0.4 is 16.0 Å². The summed E-state index contributed by atoms with van der Waals surface area (Å²) in [5.41, 5.74) is 5.22. The van der Waals surface area contributed by atoms with E-state index in [0.717, 1.165) is 0 Å². The molecular formula is C7H10N2O2. The third-order valence-corrected chi connectivity index (χ3v) is 1.26. The highest BCUT2D eigenvalue weighted by Gasteiger charge is 2.00. The molecule has 0 unspecified atom stereocenters. The standard InChI is InChI=1S/C7H10N2O2/c1-2-11-5-3-4-9-7(10)6(5)8/h3-4H,2,8H2,1H3,(H,9,10). The maximum atomic E-state index is 10.9. The number of hydrogen-bond acceptors (Lipinski definition) is 3. The maximum Gasteiger partial charge on any atom is 0.274 e. The van der Waals surface area contributed by atoms with Crippen molar-refractivity contribution in [2.45, 2.75) is 6.92 Å². The molecular weight excluding hydrogens is 144 g/mol. The molecule has 60 valence electrons. The van der Waals surface area contributed by atoms with Crippen LogP contribution in [0.4, 0.5) is 5.69 Å². The van der Waals surface area contributed by atoms with Gasteiger partial charge in [0.1, 0.15) is 11.4 Å². The van der Waals surface area contributed by atoms with Crippen molar-refractivity contribution in [1.29, 1.82) is 0 Å². The van der Waals surface area contributed by atoms with Crippen molar-refractivity contribution in [1.82, 2.24) is 4.98 Å². The Morgan fingerprint density at radius 3 is 3.09 bits per heavy atom. The number of hydrogen-bond donors (Lipinski definition) is 2. The number of ether oxygens (including phenoxy) is 1. The molecule has 0 aliphatic heterocycles. The van der Waals surface area contributed by atoms with E-state index in [1.54, 1.807) is 6.07 Å². The Balaban J connectivity index is 3.06. The van der Waals surface area contributed by atoms with Crippen molar-refractivity contribution in [2.75, 3.05) is 12.3 Å². The second kappa shape index (κ2) is 3.09. The molecule has 0 atom stereocenters. The molecule has 4 nitrogen and oxygen atoms in total. The highest BCUT2D eigenvalue weighted by molar-refractivity contribution is 5.49. The van der Waals surface area contributed by atoms with Gasteiger partial charge < -0.3 is 15.5 Å². The molecule has 1 aromatic rings. The molecule has 0 aliphatic carbocycles. The molecule has 11 heavy (non-hydrogen) atoms. The lowest BCUT2D eigenvalue weighted by Crippen LogP contribution is -2.12. The van der Waals surface area contributed by atoms with Crippen LogP contribution in [0.15, 0.2) is 17.1 Å². The van der Waals surface area contributed by atoms with Crippen LogP contribution in [0.2, 0.25) is 0 Å². The SMILES string of the molecule is CCOc1cc[nH]c(=O)c1N. The number of H-pyrrole nitrogens is 1. The largest absolute Gasteiger partial charge is 0.491 e. The van der Waals surface area contributed by atoms with Crippen LogP contribution in [-0.4, -0.2) is 11.6 Å². The van der Waals surface area contributed by atoms with E-state index in [9.17, 15) is 4.79 Å². The number of aromatic nitrogens is 1. The van der Waals surface area contributed by atoms with E-state index < -0.39 is 0 Å². The van der Waals surface area contributed by atoms with Crippen LogP contribution in [0.3, 0.4) is 0 Å². The van der Waals surface area contributed by atoms with Gasteiger partial charge in [-0.2, -0.15) is 0 Å². The van der Waals surface area contributed by atoms with Gasteiger partial charge in [0.2, 0.25) is 0 Å². The summed E-state index contributed by atoms with van der Waals surface area (Å²) in [6.07, 6.45) is 1.50. The molecule has 0 aliphatic rings. The van der Waals surface area contributed by atoms with Gasteiger partial charge in [0.25, 0.3) is 5.56 Å². The van der Waals surface area contributed by atoms with Gasteiger partial charge >= 0.3 is 0 Å². The first-order valence-corrected chi connectivity index (χ1v) is 3.35. The Morgan fingerprint density at radius 1 is 1.73 bits per heavy atom. The van der Waals surface area contributed by atoms with E-state index in [1.165, 1.54) is 6.20 Å². The van der Waals surface area contributed by atoms with Gasteiger partial charge in [-0.1, -0.05) is 0 Å². The zero-order valence-corrected chi connectivity index (χ0v) is 6.26. The topological polar surface area (TPSA) is 68.1 Å². The van der Waals surface area contributed by atoms with Crippen LogP contribution >= 0.6 is 0 Å². The first-order chi connectivity index (χ1) is 5.25. The molecule has 1 aromatic heterocycles. The highest BCUT2D eigenvalue weighted by Crippen LogP contribution is 2.13. The van der Waals surface area contributed by atoms with Gasteiger partial charge in [0.15, 0.2) is 0 Å². The zero-order valence-electron chi connectivity index (χ0n) is 6.26. The minimum Gasteiger partial charge on any atom is -0.491 e. The number of pyridine rings is 1. The molecule has 4 heteroatoms. The lowest BCUT2D eigenvalue weighted by Gasteiger charge is -2.03. The molecule has 0 amide bonds. The molecule has 0 aromatic carbocycles. The van der Waals surface area contributed by atoms with Crippen LogP contribution in [0.5, 0.6) is 5.75 Å². The van der Waals surface area contributed by atoms with Crippen LogP contribution in [-0.2, 0) is 0 Å². The molecule has 0 radical (unpaired) electrons. The highest BCUT2D eigenvalue weighted by atomic mass is 16.5. The van der Waals surface area contributed by atoms with E-state index in [-0.39, 0.29) is 11.2 Å². The third-order valence-electron chi connectivity index (χ3n) is 1.26. The van der Waals surface area contributed by atoms with Gasteiger partial charge in [0.05, 0.1) is 6.61 Å². The molecule has 1 heterocycles. The van der Waals surface area contributed by atoms with Gasteiger partial charge in [-0.15, -0.1) is 0 Å². The van der Waals surface area contributed by atoms with Crippen LogP contribution in [0.1, 0.15) is 6.92 Å². The van der Waals surface area contributed by atoms with E-state index in [1.807, 2.05) is 6.92 Å². The summed E-state index contributed by atoms with van der Waals surface area (Å²) in [5.74, 6) is 0.441. The second-order valence-corrected chi connectivity index (χ2v) is 2.02. The van der Waals surface area contributed by atoms with Gasteiger partial charge in [-0.25, -0.2) is 0 Å². The third kappa shape index (κ3) is 1.52. The lowest BCUT2D eigenvalue weighted by molar-refractivity contribution is 0.341. The fraction of sp³-hybridized carbons (Fsp3) is 0.286. The van der Waals surface area contributed by atoms with Crippen molar-refractivity contribution < 1.29 is 4.74 Å². The summed E-state index contributed by atoms with van der Waals surface area (Å²) in [4.78, 5) is 13.3. The summed E-state index contributed by atoms with van der Waals surface area (Å²) < 4.78 is 5.07. The van der Waals surface area contributed by atoms with E-state index in [4.69, 9.17) is 10.5 Å². The number of anilines is 1. The predicted octanol–water partition coefficient (Wildman–Crippen LogP) is 0.356. The number of nitrogens with two attached hydrogens (primary N) is 1. The molecule has 1 rings (SSSR count). The molecule has 0 fully saturated rings. The molecule has 3 N–H and O–H groups in total. The van der Waals surface area contributed by atoms with Crippen molar-refractivity contribution >= 4 is 5.69 Å². The van der Waals surface area contributed by atoms with E-state index in [2.05, 4.69) is 4.98 Å². The minimum atomic E-state index is -0.309. The number of nitrogens with one attached hydrogen (secondary N) is 1. The Morgan fingerprint density at radius 2 is 2.45 bits per heavy atom. The smallest absolute Gasteiger partial charge is 0.274 e. The van der Waals surface area contributed by atoms with Crippen molar-refractivity contribution in [3.8, 4) is 5.75 Å². The van der Waals surface area contributed by atoms with E-state index in [0.29, 0.717) is 12.4 Å². The first-order valence-electron chi connectivity index (χ1n) is 3.35. The summed E-state index contributed by atoms with van der Waals surface area (Å²) >= 11 is 0. The first kappa shape index (κ1) is 7.65. The number of rotatable bonds is 2. The van der Waals surface area contributed by atoms with E-state index >= 15 is 0 Å². The predicted molar refractivity (Wildman–Crippen MR) is 42.6 cm³/mol. The quantitative estimate of drug-likeness (QED) is 0.646. The van der Waals surface area contributed by atoms with Crippen molar-refractivity contribution in [3.63, 3.8) is 0 Å². The zero-order chi connectivity index (χ0) is 8.27. The van der Waals surface area contributed by atoms with Crippen LogP contribution in [0, 0.1) is 0 Å². The number of aromatic amines is 1. The van der Waals surface area contributed by atoms with Crippen molar-refractivity contribution in [2.24, 2.45) is 0 Å². The molecule has 0 spiro atoms. The molecule has 0 saturated carbocycles. The Bertz CT molecular complexity index is 293. The van der Waals surface area contributed by atoms with Crippen LogP contribution in [0.25, 0.3) is 0 Å². The van der Waals surface area contributed by atoms with Gasteiger partial charge in [0, 0.05) is 6.20 Å². The summed E-state index contributed by atoms with van der Waals surface area (Å²) in [6.45, 7) is 2.34. The monoisotopic (exact) mass is 154 g/mol. The second-order valence-electron chi connectivity index (χ2n) is 2.02. The molecule has 0 bridgehead atoms. The summed E-state index contributed by atoms with van der Waals surface area (Å²) in [7, 11) is 0. The Kier molecular flexibility index (Phi) is 2.15. The minimum absolute atomic E-state index is 0.134. The summed E-state index contributed by atoms with van der Waals surface area (Å²) in [6, 6.07) is 1.63. The summed E-state index contributed by atoms with van der Waals surface area (Å²) in [5, 5.41) is 0. The normalized spacial score (nSPS) is 9.55.